The van der Waals surface area contributed by atoms with Gasteiger partial charge in [0.25, 0.3) is 0 Å². The van der Waals surface area contributed by atoms with E-state index in [1.807, 2.05) is 0 Å². The molecule has 22 heavy (non-hydrogen) atoms. The molecule has 3 rings (SSSR count). The number of nitrogens with one attached hydrogen (secondary N) is 2. The van der Waals surface area contributed by atoms with E-state index in [0.717, 1.165) is 25.7 Å². The molecule has 1 heterocycles. The Kier molecular flexibility index (Phi) is 4.27. The number of anilines is 1. The summed E-state index contributed by atoms with van der Waals surface area (Å²) in [5.41, 5.74) is 0.137. The second kappa shape index (κ2) is 6.34. The molecule has 2 N–H and O–H groups in total. The zero-order valence-electron chi connectivity index (χ0n) is 12.3. The lowest BCUT2D eigenvalue weighted by Gasteiger charge is -2.30. The maximum atomic E-state index is 13.6. The first kappa shape index (κ1) is 14.8. The van der Waals surface area contributed by atoms with E-state index >= 15 is 0 Å². The van der Waals surface area contributed by atoms with Gasteiger partial charge in [-0.2, -0.15) is 0 Å². The fourth-order valence-electron chi connectivity index (χ4n) is 3.20. The number of para-hydroxylation sites is 1. The van der Waals surface area contributed by atoms with E-state index in [1.54, 1.807) is 17.0 Å². The molecular weight excluding hydrogens is 285 g/mol. The summed E-state index contributed by atoms with van der Waals surface area (Å²) in [6.45, 7) is 0.351. The predicted octanol–water partition coefficient (Wildman–Crippen LogP) is 2.49. The van der Waals surface area contributed by atoms with Crippen molar-refractivity contribution < 1.29 is 14.0 Å². The molecule has 1 atom stereocenters. The molecule has 1 aromatic rings. The van der Waals surface area contributed by atoms with Crippen LogP contribution < -0.4 is 10.6 Å². The second-order valence-electron chi connectivity index (χ2n) is 5.92. The van der Waals surface area contributed by atoms with Gasteiger partial charge in [0.05, 0.1) is 12.2 Å². The summed E-state index contributed by atoms with van der Waals surface area (Å²) in [6, 6.07) is 5.41. The summed E-state index contributed by atoms with van der Waals surface area (Å²) in [5.74, 6) is -0.860. The number of halogens is 1. The van der Waals surface area contributed by atoms with Crippen LogP contribution in [0.3, 0.4) is 0 Å². The molecule has 1 saturated carbocycles. The second-order valence-corrected chi connectivity index (χ2v) is 5.92. The van der Waals surface area contributed by atoms with Crippen molar-refractivity contribution in [2.75, 3.05) is 11.9 Å². The molecule has 0 radical (unpaired) electrons. The highest BCUT2D eigenvalue weighted by atomic mass is 19.1. The van der Waals surface area contributed by atoms with Gasteiger partial charge >= 0.3 is 6.03 Å². The molecule has 1 aromatic carbocycles. The molecule has 118 valence electrons. The minimum atomic E-state index is -0.631. The van der Waals surface area contributed by atoms with Crippen LogP contribution in [0.25, 0.3) is 0 Å². The van der Waals surface area contributed by atoms with Gasteiger partial charge in [-0.25, -0.2) is 9.18 Å². The Hall–Kier alpha value is -2.11. The number of benzene rings is 1. The standard InChI is InChI=1S/C16H20FN3O2/c17-12-8-4-5-9-13(12)18-15(21)14-10-20(16(22)19-14)11-6-2-1-3-7-11/h4-5,8-9,11,14H,1-3,6-7,10H2,(H,18,21)(H,19,22). The number of hydrogen-bond donors (Lipinski definition) is 2. The Bertz CT molecular complexity index is 572. The lowest BCUT2D eigenvalue weighted by Crippen LogP contribution is -2.39. The monoisotopic (exact) mass is 305 g/mol. The van der Waals surface area contributed by atoms with Gasteiger partial charge in [-0.1, -0.05) is 31.4 Å². The van der Waals surface area contributed by atoms with Gasteiger partial charge in [0.15, 0.2) is 0 Å². The van der Waals surface area contributed by atoms with E-state index in [0.29, 0.717) is 6.54 Å². The van der Waals surface area contributed by atoms with Crippen LogP contribution >= 0.6 is 0 Å². The molecule has 1 aliphatic carbocycles. The first-order valence-electron chi connectivity index (χ1n) is 7.77. The quantitative estimate of drug-likeness (QED) is 0.901. The Morgan fingerprint density at radius 3 is 2.68 bits per heavy atom. The largest absolute Gasteiger partial charge is 0.324 e. The van der Waals surface area contributed by atoms with Crippen LogP contribution in [0.1, 0.15) is 32.1 Å². The Balaban J connectivity index is 1.62. The highest BCUT2D eigenvalue weighted by molar-refractivity contribution is 5.99. The Labute approximate surface area is 128 Å². The van der Waals surface area contributed by atoms with Gasteiger partial charge in [-0.15, -0.1) is 0 Å². The highest BCUT2D eigenvalue weighted by Crippen LogP contribution is 2.25. The summed E-state index contributed by atoms with van der Waals surface area (Å²) in [5, 5.41) is 5.23. The third-order valence-electron chi connectivity index (χ3n) is 4.40. The molecule has 1 aliphatic heterocycles. The summed E-state index contributed by atoms with van der Waals surface area (Å²) in [7, 11) is 0. The number of carbonyl (C=O) groups excluding carboxylic acids is 2. The highest BCUT2D eigenvalue weighted by Gasteiger charge is 2.37. The lowest BCUT2D eigenvalue weighted by molar-refractivity contribution is -0.117. The molecule has 0 aromatic heterocycles. The van der Waals surface area contributed by atoms with Crippen molar-refractivity contribution in [3.8, 4) is 0 Å². The first-order chi connectivity index (χ1) is 10.6. The predicted molar refractivity (Wildman–Crippen MR) is 80.9 cm³/mol. The fourth-order valence-corrected chi connectivity index (χ4v) is 3.20. The van der Waals surface area contributed by atoms with Gasteiger partial charge < -0.3 is 15.5 Å². The molecule has 0 bridgehead atoms. The number of nitrogens with zero attached hydrogens (tertiary/aromatic N) is 1. The van der Waals surface area contributed by atoms with Gasteiger partial charge in [-0.05, 0) is 25.0 Å². The molecule has 0 spiro atoms. The molecule has 2 aliphatic rings. The van der Waals surface area contributed by atoms with Gasteiger partial charge in [-0.3, -0.25) is 4.79 Å². The zero-order chi connectivity index (χ0) is 15.5. The third-order valence-corrected chi connectivity index (χ3v) is 4.40. The number of carbonyl (C=O) groups is 2. The van der Waals surface area contributed by atoms with Crippen LogP contribution in [0, 0.1) is 5.82 Å². The van der Waals surface area contributed by atoms with E-state index in [-0.39, 0.29) is 23.7 Å². The van der Waals surface area contributed by atoms with Crippen LogP contribution in [0.4, 0.5) is 14.9 Å². The molecule has 1 saturated heterocycles. The Morgan fingerprint density at radius 1 is 1.23 bits per heavy atom. The third kappa shape index (κ3) is 3.05. The maximum absolute atomic E-state index is 13.6. The van der Waals surface area contributed by atoms with E-state index in [2.05, 4.69) is 10.6 Å². The van der Waals surface area contributed by atoms with Crippen molar-refractivity contribution in [1.29, 1.82) is 0 Å². The minimum Gasteiger partial charge on any atom is -0.324 e. The van der Waals surface area contributed by atoms with Gasteiger partial charge in [0.2, 0.25) is 5.91 Å². The van der Waals surface area contributed by atoms with Crippen molar-refractivity contribution >= 4 is 17.6 Å². The summed E-state index contributed by atoms with van der Waals surface area (Å²) in [4.78, 5) is 26.0. The topological polar surface area (TPSA) is 61.4 Å². The van der Waals surface area contributed by atoms with Crippen molar-refractivity contribution in [2.45, 2.75) is 44.2 Å². The number of amides is 3. The number of hydrogen-bond acceptors (Lipinski definition) is 2. The summed E-state index contributed by atoms with van der Waals surface area (Å²) < 4.78 is 13.6. The van der Waals surface area contributed by atoms with Crippen LogP contribution in [0.5, 0.6) is 0 Å². The SMILES string of the molecule is O=C(Nc1ccccc1F)C1CN(C2CCCCC2)C(=O)N1. The molecule has 6 heteroatoms. The zero-order valence-corrected chi connectivity index (χ0v) is 12.3. The molecule has 1 unspecified atom stereocenters. The van der Waals surface area contributed by atoms with Crippen LogP contribution in [0.15, 0.2) is 24.3 Å². The smallest absolute Gasteiger partial charge is 0.318 e. The Morgan fingerprint density at radius 2 is 1.95 bits per heavy atom. The lowest BCUT2D eigenvalue weighted by atomic mass is 9.94. The summed E-state index contributed by atoms with van der Waals surface area (Å²) >= 11 is 0. The van der Waals surface area contributed by atoms with Crippen LogP contribution in [-0.2, 0) is 4.79 Å². The first-order valence-corrected chi connectivity index (χ1v) is 7.77. The van der Waals surface area contributed by atoms with Gasteiger partial charge in [0.1, 0.15) is 11.9 Å². The van der Waals surface area contributed by atoms with Crippen molar-refractivity contribution in [1.82, 2.24) is 10.2 Å². The molecular formula is C16H20FN3O2. The average Bonchev–Trinajstić information content (AvgIpc) is 2.92. The fraction of sp³-hybridized carbons (Fsp3) is 0.500. The van der Waals surface area contributed by atoms with Crippen molar-refractivity contribution in [3.63, 3.8) is 0 Å². The van der Waals surface area contributed by atoms with Crippen LogP contribution in [-0.4, -0.2) is 35.5 Å². The summed E-state index contributed by atoms with van der Waals surface area (Å²) in [6.07, 6.45) is 5.45. The van der Waals surface area contributed by atoms with Crippen molar-refractivity contribution in [2.24, 2.45) is 0 Å². The minimum absolute atomic E-state index is 0.137. The number of urea groups is 1. The van der Waals surface area contributed by atoms with Gasteiger partial charge in [0, 0.05) is 6.04 Å². The molecule has 5 nitrogen and oxygen atoms in total. The maximum Gasteiger partial charge on any atom is 0.318 e. The van der Waals surface area contributed by atoms with E-state index in [9.17, 15) is 14.0 Å². The molecule has 2 fully saturated rings. The van der Waals surface area contributed by atoms with E-state index in [4.69, 9.17) is 0 Å². The molecule has 3 amide bonds. The number of rotatable bonds is 3. The van der Waals surface area contributed by atoms with E-state index < -0.39 is 11.9 Å². The van der Waals surface area contributed by atoms with E-state index in [1.165, 1.54) is 18.6 Å². The normalized spacial score (nSPS) is 22.5. The van der Waals surface area contributed by atoms with Crippen molar-refractivity contribution in [3.05, 3.63) is 30.1 Å². The van der Waals surface area contributed by atoms with Crippen LogP contribution in [0.2, 0.25) is 0 Å². The average molecular weight is 305 g/mol.